The van der Waals surface area contributed by atoms with Gasteiger partial charge in [-0.2, -0.15) is 0 Å². The molecule has 0 aliphatic carbocycles. The van der Waals surface area contributed by atoms with Gasteiger partial charge in [-0.05, 0) is 31.0 Å². The van der Waals surface area contributed by atoms with Gasteiger partial charge in [-0.15, -0.1) is 6.58 Å². The van der Waals surface area contributed by atoms with Crippen molar-refractivity contribution in [1.82, 2.24) is 0 Å². The van der Waals surface area contributed by atoms with E-state index in [2.05, 4.69) is 22.5 Å². The maximum Gasteiger partial charge on any atom is 0.164 e. The molecule has 0 radical (unpaired) electrons. The fourth-order valence-corrected chi connectivity index (χ4v) is 1.71. The summed E-state index contributed by atoms with van der Waals surface area (Å²) < 4.78 is 0.891. The molecule has 0 unspecified atom stereocenters. The van der Waals surface area contributed by atoms with E-state index in [1.807, 2.05) is 12.1 Å². The van der Waals surface area contributed by atoms with Gasteiger partial charge in [-0.25, -0.2) is 0 Å². The molecule has 0 saturated heterocycles. The average Bonchev–Trinajstić information content (AvgIpc) is 2.17. The number of nitrogen functional groups attached to an aromatic ring is 1. The molecule has 0 amide bonds. The van der Waals surface area contributed by atoms with Crippen LogP contribution in [0.2, 0.25) is 0 Å². The first-order valence-corrected chi connectivity index (χ1v) is 5.63. The van der Waals surface area contributed by atoms with Gasteiger partial charge in [-0.1, -0.05) is 22.0 Å². The van der Waals surface area contributed by atoms with Crippen molar-refractivity contribution in [2.24, 2.45) is 0 Å². The van der Waals surface area contributed by atoms with Crippen LogP contribution in [0.4, 0.5) is 5.69 Å². The lowest BCUT2D eigenvalue weighted by Crippen LogP contribution is -2.03. The van der Waals surface area contributed by atoms with Gasteiger partial charge >= 0.3 is 0 Å². The van der Waals surface area contributed by atoms with E-state index in [-0.39, 0.29) is 5.78 Å². The van der Waals surface area contributed by atoms with Crippen molar-refractivity contribution in [2.45, 2.75) is 19.3 Å². The minimum absolute atomic E-state index is 0.0989. The number of benzene rings is 1. The highest BCUT2D eigenvalue weighted by Gasteiger charge is 2.08. The number of ketones is 1. The Morgan fingerprint density at radius 1 is 1.53 bits per heavy atom. The van der Waals surface area contributed by atoms with Crippen LogP contribution in [-0.4, -0.2) is 5.78 Å². The number of hydrogen-bond donors (Lipinski definition) is 1. The van der Waals surface area contributed by atoms with Crippen molar-refractivity contribution in [3.8, 4) is 0 Å². The molecule has 80 valence electrons. The Bertz CT molecular complexity index is 374. The number of nitrogens with two attached hydrogens (primary N) is 1. The van der Waals surface area contributed by atoms with Gasteiger partial charge in [0.15, 0.2) is 5.78 Å². The van der Waals surface area contributed by atoms with E-state index in [0.29, 0.717) is 17.7 Å². The number of anilines is 1. The monoisotopic (exact) mass is 267 g/mol. The van der Waals surface area contributed by atoms with Crippen LogP contribution in [0.5, 0.6) is 0 Å². The molecular formula is C12H14BrNO. The van der Waals surface area contributed by atoms with Crippen molar-refractivity contribution in [1.29, 1.82) is 0 Å². The summed E-state index contributed by atoms with van der Waals surface area (Å²) >= 11 is 3.30. The van der Waals surface area contributed by atoms with Crippen LogP contribution in [0.15, 0.2) is 35.3 Å². The molecule has 0 saturated carbocycles. The van der Waals surface area contributed by atoms with Crippen molar-refractivity contribution in [2.75, 3.05) is 5.73 Å². The van der Waals surface area contributed by atoms with Gasteiger partial charge in [0, 0.05) is 22.1 Å². The van der Waals surface area contributed by atoms with Gasteiger partial charge in [0.25, 0.3) is 0 Å². The highest BCUT2D eigenvalue weighted by Crippen LogP contribution is 2.20. The van der Waals surface area contributed by atoms with E-state index >= 15 is 0 Å². The van der Waals surface area contributed by atoms with Crippen molar-refractivity contribution in [3.63, 3.8) is 0 Å². The van der Waals surface area contributed by atoms with Crippen molar-refractivity contribution < 1.29 is 4.79 Å². The summed E-state index contributed by atoms with van der Waals surface area (Å²) in [4.78, 5) is 11.7. The predicted molar refractivity (Wildman–Crippen MR) is 66.9 cm³/mol. The number of carbonyl (C=O) groups excluding carboxylic acids is 1. The SMILES string of the molecule is C=CCCCC(=O)c1ccc(Br)cc1N. The molecule has 0 spiro atoms. The number of allylic oxidation sites excluding steroid dienone is 1. The van der Waals surface area contributed by atoms with Crippen LogP contribution >= 0.6 is 15.9 Å². The molecule has 3 heteroatoms. The number of carbonyl (C=O) groups is 1. The molecule has 0 heterocycles. The van der Waals surface area contributed by atoms with E-state index in [4.69, 9.17) is 5.73 Å². The number of unbranched alkanes of at least 4 members (excludes halogenated alkanes) is 1. The third-order valence-electron chi connectivity index (χ3n) is 2.13. The number of rotatable bonds is 5. The molecule has 0 atom stereocenters. The molecule has 1 rings (SSSR count). The first kappa shape index (κ1) is 12.0. The Balaban J connectivity index is 2.69. The first-order valence-electron chi connectivity index (χ1n) is 4.84. The standard InChI is InChI=1S/C12H14BrNO/c1-2-3-4-5-12(15)10-7-6-9(13)8-11(10)14/h2,6-8H,1,3-5,14H2. The number of Topliss-reactive ketones (excluding diaryl/α,β-unsaturated/α-hetero) is 1. The molecule has 0 aliphatic rings. The predicted octanol–water partition coefficient (Wildman–Crippen LogP) is 3.57. The van der Waals surface area contributed by atoms with E-state index in [0.717, 1.165) is 17.3 Å². The summed E-state index contributed by atoms with van der Waals surface area (Å²) in [5, 5.41) is 0. The van der Waals surface area contributed by atoms with Gasteiger partial charge in [0.1, 0.15) is 0 Å². The molecule has 1 aromatic carbocycles. The second-order valence-electron chi connectivity index (χ2n) is 3.34. The zero-order valence-corrected chi connectivity index (χ0v) is 10.1. The molecule has 0 aliphatic heterocycles. The molecule has 0 bridgehead atoms. The maximum absolute atomic E-state index is 11.7. The molecule has 0 aromatic heterocycles. The summed E-state index contributed by atoms with van der Waals surface area (Å²) in [6.45, 7) is 3.62. The van der Waals surface area contributed by atoms with Crippen LogP contribution in [0.25, 0.3) is 0 Å². The maximum atomic E-state index is 11.7. The summed E-state index contributed by atoms with van der Waals surface area (Å²) in [5.41, 5.74) is 6.90. The van der Waals surface area contributed by atoms with Crippen molar-refractivity contribution in [3.05, 3.63) is 40.9 Å². The number of hydrogen-bond acceptors (Lipinski definition) is 2. The van der Waals surface area contributed by atoms with E-state index in [9.17, 15) is 4.79 Å². The van der Waals surface area contributed by atoms with Crippen LogP contribution in [-0.2, 0) is 0 Å². The zero-order valence-electron chi connectivity index (χ0n) is 8.50. The topological polar surface area (TPSA) is 43.1 Å². The normalized spacial score (nSPS) is 9.93. The summed E-state index contributed by atoms with van der Waals surface area (Å²) in [6, 6.07) is 5.34. The Morgan fingerprint density at radius 2 is 2.27 bits per heavy atom. The lowest BCUT2D eigenvalue weighted by atomic mass is 10.0. The molecule has 0 fully saturated rings. The van der Waals surface area contributed by atoms with Crippen molar-refractivity contribution >= 4 is 27.4 Å². The Kier molecular flexibility index (Phi) is 4.56. The fraction of sp³-hybridized carbons (Fsp3) is 0.250. The lowest BCUT2D eigenvalue weighted by molar-refractivity contribution is 0.0981. The summed E-state index contributed by atoms with van der Waals surface area (Å²) in [5.74, 6) is 0.0989. The zero-order chi connectivity index (χ0) is 11.3. The third kappa shape index (κ3) is 3.51. The van der Waals surface area contributed by atoms with E-state index < -0.39 is 0 Å². The summed E-state index contributed by atoms with van der Waals surface area (Å²) in [6.07, 6.45) is 4.04. The van der Waals surface area contributed by atoms with Gasteiger partial charge in [-0.3, -0.25) is 4.79 Å². The lowest BCUT2D eigenvalue weighted by Gasteiger charge is -2.04. The highest BCUT2D eigenvalue weighted by atomic mass is 79.9. The second kappa shape index (κ2) is 5.71. The minimum Gasteiger partial charge on any atom is -0.398 e. The summed E-state index contributed by atoms with van der Waals surface area (Å²) in [7, 11) is 0. The first-order chi connectivity index (χ1) is 7.15. The third-order valence-corrected chi connectivity index (χ3v) is 2.62. The molecule has 15 heavy (non-hydrogen) atoms. The molecule has 2 N–H and O–H groups in total. The Hall–Kier alpha value is -1.09. The molecule has 2 nitrogen and oxygen atoms in total. The molecule has 1 aromatic rings. The van der Waals surface area contributed by atoms with Gasteiger partial charge in [0.05, 0.1) is 0 Å². The van der Waals surface area contributed by atoms with Crippen LogP contribution in [0.1, 0.15) is 29.6 Å². The Morgan fingerprint density at radius 3 is 2.87 bits per heavy atom. The van der Waals surface area contributed by atoms with Crippen LogP contribution < -0.4 is 5.73 Å². The Labute approximate surface area is 98.3 Å². The quantitative estimate of drug-likeness (QED) is 0.384. The minimum atomic E-state index is 0.0989. The number of halogens is 1. The van der Waals surface area contributed by atoms with Gasteiger partial charge < -0.3 is 5.73 Å². The average molecular weight is 268 g/mol. The second-order valence-corrected chi connectivity index (χ2v) is 4.25. The highest BCUT2D eigenvalue weighted by molar-refractivity contribution is 9.10. The van der Waals surface area contributed by atoms with Crippen LogP contribution in [0, 0.1) is 0 Å². The van der Waals surface area contributed by atoms with E-state index in [1.165, 1.54) is 0 Å². The fourth-order valence-electron chi connectivity index (χ4n) is 1.33. The smallest absolute Gasteiger partial charge is 0.164 e. The largest absolute Gasteiger partial charge is 0.398 e. The van der Waals surface area contributed by atoms with Crippen LogP contribution in [0.3, 0.4) is 0 Å². The molecular weight excluding hydrogens is 254 g/mol. The van der Waals surface area contributed by atoms with E-state index in [1.54, 1.807) is 12.1 Å². The van der Waals surface area contributed by atoms with Gasteiger partial charge in [0.2, 0.25) is 0 Å².